The number of hydrogen-bond donors (Lipinski definition) is 0. The van der Waals surface area contributed by atoms with E-state index in [1.807, 2.05) is 6.08 Å². The zero-order valence-corrected chi connectivity index (χ0v) is 16.1. The SMILES string of the molecule is C=CCCc1ccc(C2CCC(COc3ccc(OC)c(F)c3F)CO2)cc1. The molecule has 1 aliphatic heterocycles. The molecule has 0 N–H and O–H groups in total. The van der Waals surface area contributed by atoms with E-state index < -0.39 is 11.6 Å². The van der Waals surface area contributed by atoms with Gasteiger partial charge in [0.2, 0.25) is 11.6 Å². The Morgan fingerprint density at radius 1 is 1.07 bits per heavy atom. The van der Waals surface area contributed by atoms with Crippen molar-refractivity contribution in [1.82, 2.24) is 0 Å². The molecule has 1 heterocycles. The summed E-state index contributed by atoms with van der Waals surface area (Å²) in [5, 5.41) is 0. The van der Waals surface area contributed by atoms with Crippen LogP contribution in [-0.4, -0.2) is 20.3 Å². The van der Waals surface area contributed by atoms with Gasteiger partial charge < -0.3 is 14.2 Å². The summed E-state index contributed by atoms with van der Waals surface area (Å²) in [5.74, 6) is -2.14. The van der Waals surface area contributed by atoms with Crippen molar-refractivity contribution in [3.63, 3.8) is 0 Å². The Hall–Kier alpha value is -2.40. The Labute approximate surface area is 164 Å². The van der Waals surface area contributed by atoms with Gasteiger partial charge in [-0.25, -0.2) is 0 Å². The number of aryl methyl sites for hydroxylation is 1. The highest BCUT2D eigenvalue weighted by atomic mass is 19.2. The third-order valence-corrected chi connectivity index (χ3v) is 5.06. The topological polar surface area (TPSA) is 27.7 Å². The highest BCUT2D eigenvalue weighted by molar-refractivity contribution is 5.35. The van der Waals surface area contributed by atoms with E-state index in [4.69, 9.17) is 14.2 Å². The maximum atomic E-state index is 14.0. The Balaban J connectivity index is 1.49. The van der Waals surface area contributed by atoms with Crippen molar-refractivity contribution in [2.75, 3.05) is 20.3 Å². The number of hydrogen-bond acceptors (Lipinski definition) is 3. The molecule has 1 fully saturated rings. The molecule has 3 nitrogen and oxygen atoms in total. The fourth-order valence-corrected chi connectivity index (χ4v) is 3.36. The van der Waals surface area contributed by atoms with Crippen LogP contribution in [0.5, 0.6) is 11.5 Å². The van der Waals surface area contributed by atoms with Crippen molar-refractivity contribution in [1.29, 1.82) is 0 Å². The predicted molar refractivity (Wildman–Crippen MR) is 105 cm³/mol. The molecule has 0 saturated carbocycles. The second-order valence-corrected chi connectivity index (χ2v) is 7.04. The number of halogens is 2. The largest absolute Gasteiger partial charge is 0.494 e. The minimum absolute atomic E-state index is 0.0693. The Morgan fingerprint density at radius 2 is 1.79 bits per heavy atom. The molecule has 0 spiro atoms. The maximum absolute atomic E-state index is 14.0. The Kier molecular flexibility index (Phi) is 7.04. The van der Waals surface area contributed by atoms with Gasteiger partial charge in [-0.3, -0.25) is 0 Å². The summed E-state index contributed by atoms with van der Waals surface area (Å²) in [6.07, 6.45) is 5.74. The predicted octanol–water partition coefficient (Wildman–Crippen LogP) is 5.64. The van der Waals surface area contributed by atoms with Crippen LogP contribution in [0, 0.1) is 17.6 Å². The number of benzene rings is 2. The first-order chi connectivity index (χ1) is 13.6. The first-order valence-corrected chi connectivity index (χ1v) is 9.58. The molecule has 28 heavy (non-hydrogen) atoms. The zero-order chi connectivity index (χ0) is 19.9. The molecule has 150 valence electrons. The molecule has 0 radical (unpaired) electrons. The van der Waals surface area contributed by atoms with E-state index in [1.54, 1.807) is 0 Å². The quantitative estimate of drug-likeness (QED) is 0.548. The second-order valence-electron chi connectivity index (χ2n) is 7.04. The third-order valence-electron chi connectivity index (χ3n) is 5.06. The van der Waals surface area contributed by atoms with E-state index >= 15 is 0 Å². The number of ether oxygens (including phenoxy) is 3. The number of allylic oxidation sites excluding steroid dienone is 1. The first-order valence-electron chi connectivity index (χ1n) is 9.58. The molecule has 2 aromatic rings. The van der Waals surface area contributed by atoms with Gasteiger partial charge in [-0.15, -0.1) is 6.58 Å². The van der Waals surface area contributed by atoms with Crippen LogP contribution in [0.15, 0.2) is 49.1 Å². The van der Waals surface area contributed by atoms with Crippen molar-refractivity contribution in [3.05, 3.63) is 71.8 Å². The lowest BCUT2D eigenvalue weighted by atomic mass is 9.94. The minimum atomic E-state index is -1.03. The van der Waals surface area contributed by atoms with Gasteiger partial charge in [-0.1, -0.05) is 30.3 Å². The zero-order valence-electron chi connectivity index (χ0n) is 16.1. The molecule has 2 aromatic carbocycles. The first kappa shape index (κ1) is 20.3. The van der Waals surface area contributed by atoms with Crippen LogP contribution in [0.3, 0.4) is 0 Å². The van der Waals surface area contributed by atoms with Crippen LogP contribution >= 0.6 is 0 Å². The smallest absolute Gasteiger partial charge is 0.204 e. The van der Waals surface area contributed by atoms with E-state index in [0.717, 1.165) is 25.7 Å². The second kappa shape index (κ2) is 9.69. The van der Waals surface area contributed by atoms with Gasteiger partial charge in [0.1, 0.15) is 0 Å². The summed E-state index contributed by atoms with van der Waals surface area (Å²) in [6, 6.07) is 11.3. The van der Waals surface area contributed by atoms with Crippen LogP contribution < -0.4 is 9.47 Å². The summed E-state index contributed by atoms with van der Waals surface area (Å²) in [5.41, 5.74) is 2.46. The number of rotatable bonds is 8. The van der Waals surface area contributed by atoms with Crippen LogP contribution in [-0.2, 0) is 11.2 Å². The van der Waals surface area contributed by atoms with Crippen molar-refractivity contribution in [2.45, 2.75) is 31.8 Å². The van der Waals surface area contributed by atoms with Gasteiger partial charge in [-0.2, -0.15) is 8.78 Å². The van der Waals surface area contributed by atoms with Gasteiger partial charge in [0.05, 0.1) is 26.4 Å². The fraction of sp³-hybridized carbons (Fsp3) is 0.391. The lowest BCUT2D eigenvalue weighted by molar-refractivity contribution is -0.0289. The van der Waals surface area contributed by atoms with Crippen molar-refractivity contribution >= 4 is 0 Å². The summed E-state index contributed by atoms with van der Waals surface area (Å²) in [4.78, 5) is 0. The average Bonchev–Trinajstić information content (AvgIpc) is 2.74. The van der Waals surface area contributed by atoms with E-state index in [9.17, 15) is 8.78 Å². The van der Waals surface area contributed by atoms with Crippen LogP contribution in [0.25, 0.3) is 0 Å². The van der Waals surface area contributed by atoms with Gasteiger partial charge >= 0.3 is 0 Å². The van der Waals surface area contributed by atoms with Crippen LogP contribution in [0.4, 0.5) is 8.78 Å². The van der Waals surface area contributed by atoms with Crippen molar-refractivity contribution in [2.24, 2.45) is 5.92 Å². The molecule has 2 unspecified atom stereocenters. The summed E-state index contributed by atoms with van der Waals surface area (Å²) >= 11 is 0. The van der Waals surface area contributed by atoms with Gasteiger partial charge in [-0.05, 0) is 48.9 Å². The number of methoxy groups -OCH3 is 1. The molecule has 5 heteroatoms. The molecule has 0 bridgehead atoms. The fourth-order valence-electron chi connectivity index (χ4n) is 3.36. The standard InChI is InChI=1S/C23H26F2O3/c1-3-4-5-16-6-9-18(10-7-16)19-11-8-17(14-27-19)15-28-21-13-12-20(26-2)22(24)23(21)25/h3,6-7,9-10,12-13,17,19H,1,4-5,8,11,14-15H2,2H3. The monoisotopic (exact) mass is 388 g/mol. The van der Waals surface area contributed by atoms with E-state index in [1.165, 1.54) is 30.4 Å². The Bertz CT molecular complexity index is 781. The van der Waals surface area contributed by atoms with Crippen molar-refractivity contribution < 1.29 is 23.0 Å². The van der Waals surface area contributed by atoms with Gasteiger partial charge in [0, 0.05) is 5.92 Å². The Morgan fingerprint density at radius 3 is 2.43 bits per heavy atom. The highest BCUT2D eigenvalue weighted by Gasteiger charge is 2.24. The van der Waals surface area contributed by atoms with Gasteiger partial charge in [0.25, 0.3) is 0 Å². The average molecular weight is 388 g/mol. The molecule has 0 aliphatic carbocycles. The van der Waals surface area contributed by atoms with E-state index in [0.29, 0.717) is 6.61 Å². The molecular weight excluding hydrogens is 362 g/mol. The maximum Gasteiger partial charge on any atom is 0.204 e. The van der Waals surface area contributed by atoms with Gasteiger partial charge in [0.15, 0.2) is 11.5 Å². The minimum Gasteiger partial charge on any atom is -0.494 e. The van der Waals surface area contributed by atoms with E-state index in [2.05, 4.69) is 30.8 Å². The molecular formula is C23H26F2O3. The summed E-state index contributed by atoms with van der Waals surface area (Å²) in [7, 11) is 1.29. The molecule has 0 aromatic heterocycles. The molecule has 0 amide bonds. The van der Waals surface area contributed by atoms with E-state index in [-0.39, 0.29) is 30.1 Å². The van der Waals surface area contributed by atoms with Crippen LogP contribution in [0.2, 0.25) is 0 Å². The highest BCUT2D eigenvalue weighted by Crippen LogP contribution is 2.32. The molecule has 2 atom stereocenters. The third kappa shape index (κ3) is 4.90. The normalized spacial score (nSPS) is 19.2. The lowest BCUT2D eigenvalue weighted by Gasteiger charge is -2.29. The molecule has 1 saturated heterocycles. The summed E-state index contributed by atoms with van der Waals surface area (Å²) < 4.78 is 44.0. The summed E-state index contributed by atoms with van der Waals surface area (Å²) in [6.45, 7) is 4.57. The van der Waals surface area contributed by atoms with Crippen LogP contribution in [0.1, 0.15) is 36.5 Å². The molecule has 1 aliphatic rings. The lowest BCUT2D eigenvalue weighted by Crippen LogP contribution is -2.25. The van der Waals surface area contributed by atoms with Crippen molar-refractivity contribution in [3.8, 4) is 11.5 Å². The molecule has 3 rings (SSSR count).